The monoisotopic (exact) mass is 382 g/mol. The second kappa shape index (κ2) is 9.00. The van der Waals surface area contributed by atoms with Crippen molar-refractivity contribution < 1.29 is 9.53 Å². The highest BCUT2D eigenvalue weighted by Gasteiger charge is 2.03. The van der Waals surface area contributed by atoms with Crippen LogP contribution in [0.15, 0.2) is 66.0 Å². The molecule has 1 amide bonds. The smallest absolute Gasteiger partial charge is 0.277 e. The van der Waals surface area contributed by atoms with Gasteiger partial charge < -0.3 is 4.74 Å². The number of carbonyl (C=O) groups is 1. The van der Waals surface area contributed by atoms with Crippen LogP contribution in [-0.2, 0) is 11.3 Å². The molecule has 7 heteroatoms. The minimum Gasteiger partial charge on any atom is -0.484 e. The number of carbonyl (C=O) groups excluding carboxylic acids is 1. The predicted octanol–water partition coefficient (Wildman–Crippen LogP) is 3.42. The number of benzene rings is 2. The number of hydrogen-bond donors (Lipinski definition) is 1. The first-order chi connectivity index (χ1) is 13.1. The molecule has 0 atom stereocenters. The van der Waals surface area contributed by atoms with E-state index in [9.17, 15) is 4.79 Å². The SMILES string of the molecule is Cc1cc(OCC(=O)N/N=C\c2cnn(Cc3ccccc3)c2)ccc1Cl. The largest absolute Gasteiger partial charge is 0.484 e. The van der Waals surface area contributed by atoms with E-state index < -0.39 is 0 Å². The molecule has 0 aliphatic rings. The first-order valence-corrected chi connectivity index (χ1v) is 8.75. The third kappa shape index (κ3) is 5.69. The van der Waals surface area contributed by atoms with E-state index >= 15 is 0 Å². The third-order valence-electron chi connectivity index (χ3n) is 3.74. The van der Waals surface area contributed by atoms with Gasteiger partial charge >= 0.3 is 0 Å². The number of aromatic nitrogens is 2. The van der Waals surface area contributed by atoms with Gasteiger partial charge in [0.2, 0.25) is 0 Å². The Balaban J connectivity index is 1.46. The first-order valence-electron chi connectivity index (χ1n) is 8.37. The van der Waals surface area contributed by atoms with Gasteiger partial charge in [-0.15, -0.1) is 0 Å². The summed E-state index contributed by atoms with van der Waals surface area (Å²) in [7, 11) is 0. The zero-order valence-corrected chi connectivity index (χ0v) is 15.6. The molecule has 0 spiro atoms. The van der Waals surface area contributed by atoms with Crippen LogP contribution in [0.2, 0.25) is 5.02 Å². The lowest BCUT2D eigenvalue weighted by atomic mass is 10.2. The number of nitrogens with one attached hydrogen (secondary N) is 1. The van der Waals surface area contributed by atoms with Gasteiger partial charge in [-0.1, -0.05) is 41.9 Å². The normalized spacial score (nSPS) is 10.9. The van der Waals surface area contributed by atoms with Gasteiger partial charge in [0.1, 0.15) is 5.75 Å². The molecule has 1 heterocycles. The molecule has 0 aliphatic carbocycles. The zero-order valence-electron chi connectivity index (χ0n) is 14.8. The van der Waals surface area contributed by atoms with Crippen molar-refractivity contribution in [2.75, 3.05) is 6.61 Å². The molecule has 27 heavy (non-hydrogen) atoms. The van der Waals surface area contributed by atoms with Crippen LogP contribution in [0, 0.1) is 6.92 Å². The molecule has 0 aliphatic heterocycles. The standard InChI is InChI=1S/C20H19ClN4O2/c1-15-9-18(7-8-19(15)21)27-14-20(26)24-22-10-17-11-23-25(13-17)12-16-5-3-2-4-6-16/h2-11,13H,12,14H2,1H3,(H,24,26)/b22-10-. The summed E-state index contributed by atoms with van der Waals surface area (Å²) in [4.78, 5) is 11.8. The maximum atomic E-state index is 11.8. The fourth-order valence-electron chi connectivity index (χ4n) is 2.37. The molecular weight excluding hydrogens is 364 g/mol. The zero-order chi connectivity index (χ0) is 19.1. The van der Waals surface area contributed by atoms with Crippen LogP contribution in [-0.4, -0.2) is 28.5 Å². The summed E-state index contributed by atoms with van der Waals surface area (Å²) in [5, 5.41) is 8.86. The predicted molar refractivity (Wildman–Crippen MR) is 105 cm³/mol. The van der Waals surface area contributed by atoms with Crippen molar-refractivity contribution in [1.29, 1.82) is 0 Å². The molecule has 0 fully saturated rings. The fourth-order valence-corrected chi connectivity index (χ4v) is 2.49. The molecule has 3 aromatic rings. The van der Waals surface area contributed by atoms with E-state index in [-0.39, 0.29) is 12.5 Å². The van der Waals surface area contributed by atoms with E-state index in [1.54, 1.807) is 30.6 Å². The van der Waals surface area contributed by atoms with E-state index in [1.807, 2.05) is 48.1 Å². The Morgan fingerprint density at radius 2 is 2.11 bits per heavy atom. The Bertz CT molecular complexity index is 938. The number of hydrogen-bond acceptors (Lipinski definition) is 4. The summed E-state index contributed by atoms with van der Waals surface area (Å²) in [5.41, 5.74) is 5.27. The molecule has 6 nitrogen and oxygen atoms in total. The van der Waals surface area contributed by atoms with E-state index in [0.717, 1.165) is 16.7 Å². The molecule has 0 bridgehead atoms. The van der Waals surface area contributed by atoms with Crippen LogP contribution in [0.1, 0.15) is 16.7 Å². The van der Waals surface area contributed by atoms with Gasteiger partial charge in [0.25, 0.3) is 5.91 Å². The molecule has 2 aromatic carbocycles. The summed E-state index contributed by atoms with van der Waals surface area (Å²) in [6.45, 7) is 2.42. The van der Waals surface area contributed by atoms with E-state index in [1.165, 1.54) is 0 Å². The number of hydrazone groups is 1. The quantitative estimate of drug-likeness (QED) is 0.503. The highest BCUT2D eigenvalue weighted by Crippen LogP contribution is 2.20. The van der Waals surface area contributed by atoms with Crippen LogP contribution in [0.5, 0.6) is 5.75 Å². The van der Waals surface area contributed by atoms with Crippen LogP contribution in [0.4, 0.5) is 0 Å². The first kappa shape index (κ1) is 18.7. The van der Waals surface area contributed by atoms with Crippen LogP contribution < -0.4 is 10.2 Å². The Hall–Kier alpha value is -3.12. The summed E-state index contributed by atoms with van der Waals surface area (Å²) in [6, 6.07) is 15.3. The van der Waals surface area contributed by atoms with Gasteiger partial charge in [0.05, 0.1) is 19.0 Å². The van der Waals surface area contributed by atoms with Gasteiger partial charge in [-0.3, -0.25) is 9.48 Å². The third-order valence-corrected chi connectivity index (χ3v) is 4.17. The minimum atomic E-state index is -0.351. The van der Waals surface area contributed by atoms with Crippen LogP contribution >= 0.6 is 11.6 Å². The number of nitrogens with zero attached hydrogens (tertiary/aromatic N) is 3. The van der Waals surface area contributed by atoms with E-state index in [0.29, 0.717) is 17.3 Å². The van der Waals surface area contributed by atoms with Crippen molar-refractivity contribution in [2.24, 2.45) is 5.10 Å². The number of rotatable bonds is 7. The Morgan fingerprint density at radius 3 is 2.89 bits per heavy atom. The van der Waals surface area contributed by atoms with Crippen molar-refractivity contribution in [1.82, 2.24) is 15.2 Å². The molecule has 1 N–H and O–H groups in total. The number of aryl methyl sites for hydroxylation is 1. The highest BCUT2D eigenvalue weighted by molar-refractivity contribution is 6.31. The van der Waals surface area contributed by atoms with Gasteiger partial charge in [-0.05, 0) is 36.2 Å². The maximum Gasteiger partial charge on any atom is 0.277 e. The van der Waals surface area contributed by atoms with Crippen molar-refractivity contribution in [3.63, 3.8) is 0 Å². The van der Waals surface area contributed by atoms with Gasteiger partial charge in [-0.25, -0.2) is 5.43 Å². The average Bonchev–Trinajstić information content (AvgIpc) is 3.11. The lowest BCUT2D eigenvalue weighted by Gasteiger charge is -2.06. The van der Waals surface area contributed by atoms with Gasteiger partial charge in [0, 0.05) is 16.8 Å². The van der Waals surface area contributed by atoms with Crippen molar-refractivity contribution in [3.05, 3.63) is 82.6 Å². The molecule has 0 saturated carbocycles. The fraction of sp³-hybridized carbons (Fsp3) is 0.150. The van der Waals surface area contributed by atoms with Crippen LogP contribution in [0.3, 0.4) is 0 Å². The van der Waals surface area contributed by atoms with E-state index in [4.69, 9.17) is 16.3 Å². The Kier molecular flexibility index (Phi) is 6.22. The molecule has 138 valence electrons. The molecule has 1 aromatic heterocycles. The summed E-state index contributed by atoms with van der Waals surface area (Å²) >= 11 is 5.96. The lowest BCUT2D eigenvalue weighted by Crippen LogP contribution is -2.24. The minimum absolute atomic E-state index is 0.133. The molecule has 0 saturated heterocycles. The van der Waals surface area contributed by atoms with Crippen molar-refractivity contribution >= 4 is 23.7 Å². The maximum absolute atomic E-state index is 11.8. The van der Waals surface area contributed by atoms with Gasteiger partial charge in [0.15, 0.2) is 6.61 Å². The van der Waals surface area contributed by atoms with Crippen LogP contribution in [0.25, 0.3) is 0 Å². The Morgan fingerprint density at radius 1 is 1.30 bits per heavy atom. The second-order valence-electron chi connectivity index (χ2n) is 5.95. The Labute approximate surface area is 162 Å². The average molecular weight is 383 g/mol. The summed E-state index contributed by atoms with van der Waals surface area (Å²) in [5.74, 6) is 0.230. The lowest BCUT2D eigenvalue weighted by molar-refractivity contribution is -0.123. The molecule has 0 radical (unpaired) electrons. The second-order valence-corrected chi connectivity index (χ2v) is 6.36. The number of ether oxygens (including phenoxy) is 1. The topological polar surface area (TPSA) is 68.5 Å². The number of halogens is 1. The molecule has 3 rings (SSSR count). The summed E-state index contributed by atoms with van der Waals surface area (Å²) in [6.07, 6.45) is 5.08. The van der Waals surface area contributed by atoms with Crippen molar-refractivity contribution in [2.45, 2.75) is 13.5 Å². The summed E-state index contributed by atoms with van der Waals surface area (Å²) < 4.78 is 7.23. The van der Waals surface area contributed by atoms with Gasteiger partial charge in [-0.2, -0.15) is 10.2 Å². The number of amides is 1. The molecule has 0 unspecified atom stereocenters. The molecular formula is C20H19ClN4O2. The highest BCUT2D eigenvalue weighted by atomic mass is 35.5. The van der Waals surface area contributed by atoms with E-state index in [2.05, 4.69) is 15.6 Å². The van der Waals surface area contributed by atoms with Crippen molar-refractivity contribution in [3.8, 4) is 5.75 Å².